The van der Waals surface area contributed by atoms with E-state index in [0.29, 0.717) is 36.7 Å². The molecular formula is C27H34O11. The summed E-state index contributed by atoms with van der Waals surface area (Å²) in [7, 11) is 4.60. The number of aliphatic hydroxyl groups is 4. The van der Waals surface area contributed by atoms with Crippen LogP contribution < -0.4 is 18.9 Å². The molecule has 2 aromatic carbocycles. The fourth-order valence-corrected chi connectivity index (χ4v) is 4.85. The molecule has 7 atom stereocenters. The zero-order valence-electron chi connectivity index (χ0n) is 21.5. The average Bonchev–Trinajstić information content (AvgIpc) is 3.27. The Hall–Kier alpha value is -3.09. The third-order valence-corrected chi connectivity index (χ3v) is 7.03. The first-order chi connectivity index (χ1) is 18.3. The number of cyclic esters (lactones) is 1. The lowest BCUT2D eigenvalue weighted by Gasteiger charge is -2.39. The van der Waals surface area contributed by atoms with Crippen molar-refractivity contribution in [3.63, 3.8) is 0 Å². The Bertz CT molecular complexity index is 1100. The highest BCUT2D eigenvalue weighted by atomic mass is 16.7. The second kappa shape index (κ2) is 12.2. The van der Waals surface area contributed by atoms with Crippen LogP contribution in [0.5, 0.6) is 23.0 Å². The van der Waals surface area contributed by atoms with Crippen LogP contribution in [0.3, 0.4) is 0 Å². The quantitative estimate of drug-likeness (QED) is 0.315. The molecular weight excluding hydrogens is 500 g/mol. The second-order valence-corrected chi connectivity index (χ2v) is 9.39. The molecule has 0 amide bonds. The second-order valence-electron chi connectivity index (χ2n) is 9.39. The summed E-state index contributed by atoms with van der Waals surface area (Å²) in [6, 6.07) is 10.8. The van der Waals surface area contributed by atoms with Gasteiger partial charge in [0.05, 0.1) is 40.5 Å². The van der Waals surface area contributed by atoms with Crippen LogP contribution in [-0.2, 0) is 27.1 Å². The van der Waals surface area contributed by atoms with Gasteiger partial charge >= 0.3 is 5.97 Å². The number of rotatable bonds is 10. The minimum Gasteiger partial charge on any atom is -0.493 e. The van der Waals surface area contributed by atoms with Gasteiger partial charge in [-0.2, -0.15) is 0 Å². The lowest BCUT2D eigenvalue weighted by molar-refractivity contribution is -0.277. The van der Waals surface area contributed by atoms with Crippen molar-refractivity contribution in [1.82, 2.24) is 0 Å². The standard InChI is InChI=1S/C27H34O11/c1-33-18-6-4-14(10-20(18)34-2)8-16-13-36-26(32)17(16)9-15-5-7-19(21(11-15)35-3)37-27-25(31)24(30)23(29)22(12-28)38-27/h4-7,10-11,16-17,22-25,27-31H,8-9,12-13H2,1-3H3/t16?,17?,22-,23-,24-,25-,27-/m1/s1. The van der Waals surface area contributed by atoms with Crippen molar-refractivity contribution in [1.29, 1.82) is 0 Å². The van der Waals surface area contributed by atoms with E-state index in [9.17, 15) is 25.2 Å². The SMILES string of the molecule is COc1ccc(CC2COC(=O)C2Cc2ccc(O[C@@H]3O[C@H](CO)[C@@H](O)[C@@H](O)[C@H]3O)c(OC)c2)cc1OC. The van der Waals surface area contributed by atoms with Gasteiger partial charge in [-0.3, -0.25) is 4.79 Å². The van der Waals surface area contributed by atoms with Gasteiger partial charge in [0.15, 0.2) is 23.0 Å². The highest BCUT2D eigenvalue weighted by Gasteiger charge is 2.45. The summed E-state index contributed by atoms with van der Waals surface area (Å²) in [6.07, 6.45) is -6.02. The van der Waals surface area contributed by atoms with E-state index in [-0.39, 0.29) is 23.6 Å². The van der Waals surface area contributed by atoms with Gasteiger partial charge in [-0.15, -0.1) is 0 Å². The maximum atomic E-state index is 12.6. The molecule has 11 heteroatoms. The number of carbonyl (C=O) groups excluding carboxylic acids is 1. The molecule has 2 aliphatic rings. The zero-order chi connectivity index (χ0) is 27.4. The van der Waals surface area contributed by atoms with Crippen LogP contribution in [0.15, 0.2) is 36.4 Å². The Kier molecular flexibility index (Phi) is 8.95. The van der Waals surface area contributed by atoms with Gasteiger partial charge in [-0.25, -0.2) is 0 Å². The van der Waals surface area contributed by atoms with Crippen molar-refractivity contribution in [2.24, 2.45) is 11.8 Å². The number of esters is 1. The van der Waals surface area contributed by atoms with Crippen molar-refractivity contribution < 1.29 is 53.6 Å². The molecule has 0 saturated carbocycles. The first kappa shape index (κ1) is 27.9. The highest BCUT2D eigenvalue weighted by Crippen LogP contribution is 2.36. The number of ether oxygens (including phenoxy) is 6. The zero-order valence-corrected chi connectivity index (χ0v) is 21.5. The Morgan fingerprint density at radius 1 is 0.816 bits per heavy atom. The smallest absolute Gasteiger partial charge is 0.309 e. The topological polar surface area (TPSA) is 153 Å². The molecule has 0 aromatic heterocycles. The third-order valence-electron chi connectivity index (χ3n) is 7.03. The van der Waals surface area contributed by atoms with Crippen LogP contribution in [0.1, 0.15) is 11.1 Å². The van der Waals surface area contributed by atoms with E-state index in [1.165, 1.54) is 7.11 Å². The summed E-state index contributed by atoms with van der Waals surface area (Å²) >= 11 is 0. The average molecular weight is 535 g/mol. The monoisotopic (exact) mass is 534 g/mol. The normalized spacial score (nSPS) is 29.0. The van der Waals surface area contributed by atoms with Crippen LogP contribution >= 0.6 is 0 Å². The van der Waals surface area contributed by atoms with Gasteiger partial charge < -0.3 is 48.8 Å². The van der Waals surface area contributed by atoms with E-state index in [1.54, 1.807) is 32.4 Å². The van der Waals surface area contributed by atoms with Gasteiger partial charge in [0.2, 0.25) is 6.29 Å². The maximum absolute atomic E-state index is 12.6. The molecule has 0 spiro atoms. The molecule has 4 N–H and O–H groups in total. The molecule has 38 heavy (non-hydrogen) atoms. The van der Waals surface area contributed by atoms with E-state index < -0.39 is 37.3 Å². The first-order valence-electron chi connectivity index (χ1n) is 12.3. The molecule has 2 unspecified atom stereocenters. The first-order valence-corrected chi connectivity index (χ1v) is 12.3. The molecule has 0 bridgehead atoms. The Morgan fingerprint density at radius 3 is 2.05 bits per heavy atom. The number of aliphatic hydroxyl groups excluding tert-OH is 4. The molecule has 0 aliphatic carbocycles. The number of hydrogen-bond acceptors (Lipinski definition) is 11. The van der Waals surface area contributed by atoms with Crippen LogP contribution in [0.2, 0.25) is 0 Å². The Morgan fingerprint density at radius 2 is 1.42 bits per heavy atom. The summed E-state index contributed by atoms with van der Waals surface area (Å²) in [5, 5.41) is 39.7. The minimum atomic E-state index is -1.56. The third kappa shape index (κ3) is 5.82. The highest BCUT2D eigenvalue weighted by molar-refractivity contribution is 5.75. The van der Waals surface area contributed by atoms with Gasteiger partial charge in [0, 0.05) is 5.92 Å². The largest absolute Gasteiger partial charge is 0.493 e. The van der Waals surface area contributed by atoms with E-state index in [4.69, 9.17) is 28.4 Å². The van der Waals surface area contributed by atoms with Crippen LogP contribution in [0.4, 0.5) is 0 Å². The molecule has 2 aromatic rings. The van der Waals surface area contributed by atoms with Gasteiger partial charge in [-0.05, 0) is 48.2 Å². The molecule has 2 saturated heterocycles. The predicted octanol–water partition coefficient (Wildman–Crippen LogP) is 0.466. The number of carbonyl (C=O) groups is 1. The molecule has 11 nitrogen and oxygen atoms in total. The maximum Gasteiger partial charge on any atom is 0.309 e. The summed E-state index contributed by atoms with van der Waals surface area (Å²) in [6.45, 7) is -0.254. The van der Waals surface area contributed by atoms with Crippen LogP contribution in [0, 0.1) is 11.8 Å². The van der Waals surface area contributed by atoms with E-state index >= 15 is 0 Å². The predicted molar refractivity (Wildman–Crippen MR) is 132 cm³/mol. The van der Waals surface area contributed by atoms with E-state index in [1.807, 2.05) is 18.2 Å². The summed E-state index contributed by atoms with van der Waals surface area (Å²) in [5.74, 6) is 1.10. The lowest BCUT2D eigenvalue weighted by Crippen LogP contribution is -2.60. The molecule has 2 heterocycles. The van der Waals surface area contributed by atoms with Crippen molar-refractivity contribution in [3.05, 3.63) is 47.5 Å². The van der Waals surface area contributed by atoms with Crippen molar-refractivity contribution >= 4 is 5.97 Å². The van der Waals surface area contributed by atoms with Crippen molar-refractivity contribution in [2.75, 3.05) is 34.5 Å². The van der Waals surface area contributed by atoms with Crippen molar-refractivity contribution in [2.45, 2.75) is 43.5 Å². The van der Waals surface area contributed by atoms with E-state index in [0.717, 1.165) is 11.1 Å². The minimum absolute atomic E-state index is 0.0448. The van der Waals surface area contributed by atoms with E-state index in [2.05, 4.69) is 0 Å². The fraction of sp³-hybridized carbons (Fsp3) is 0.519. The molecule has 0 radical (unpaired) electrons. The summed E-state index contributed by atoms with van der Waals surface area (Å²) < 4.78 is 32.7. The number of methoxy groups -OCH3 is 3. The van der Waals surface area contributed by atoms with Crippen LogP contribution in [-0.4, -0.2) is 91.6 Å². The summed E-state index contributed by atoms with van der Waals surface area (Å²) in [5.41, 5.74) is 1.81. The number of hydrogen-bond donors (Lipinski definition) is 4. The lowest BCUT2D eigenvalue weighted by atomic mass is 9.85. The Labute approximate surface area is 220 Å². The molecule has 208 valence electrons. The van der Waals surface area contributed by atoms with Gasteiger partial charge in [-0.1, -0.05) is 12.1 Å². The fourth-order valence-electron chi connectivity index (χ4n) is 4.85. The van der Waals surface area contributed by atoms with Gasteiger partial charge in [0.1, 0.15) is 24.4 Å². The molecule has 2 fully saturated rings. The Balaban J connectivity index is 1.47. The summed E-state index contributed by atoms with van der Waals surface area (Å²) in [4.78, 5) is 12.6. The van der Waals surface area contributed by atoms with Gasteiger partial charge in [0.25, 0.3) is 0 Å². The van der Waals surface area contributed by atoms with Crippen molar-refractivity contribution in [3.8, 4) is 23.0 Å². The number of benzene rings is 2. The molecule has 4 rings (SSSR count). The molecule has 2 aliphatic heterocycles. The van der Waals surface area contributed by atoms with Crippen LogP contribution in [0.25, 0.3) is 0 Å².